The largest absolute Gasteiger partial charge is 0.481 e. The topological polar surface area (TPSA) is 263 Å². The molecule has 1 aromatic heterocycles. The number of aryl methyl sites for hydroxylation is 1. The molecule has 0 aliphatic carbocycles. The number of aromatic nitrogens is 1. The summed E-state index contributed by atoms with van der Waals surface area (Å²) in [4.78, 5) is 106. The molecule has 0 saturated carbocycles. The van der Waals surface area contributed by atoms with E-state index in [1.807, 2.05) is 90.5 Å². The first-order chi connectivity index (χ1) is 28.7. The number of hydrogen-bond acceptors (Lipinski definition) is 11. The first-order valence-electron chi connectivity index (χ1n) is 20.5. The third-order valence-corrected chi connectivity index (χ3v) is 12.5. The van der Waals surface area contributed by atoms with Crippen molar-refractivity contribution in [1.82, 2.24) is 35.6 Å². The van der Waals surface area contributed by atoms with Gasteiger partial charge in [-0.1, -0.05) is 72.7 Å². The second kappa shape index (κ2) is 21.2. The molecule has 62 heavy (non-hydrogen) atoms. The normalized spacial score (nSPS) is 17.3. The van der Waals surface area contributed by atoms with Gasteiger partial charge >= 0.3 is 11.9 Å². The van der Waals surface area contributed by atoms with Gasteiger partial charge in [-0.25, -0.2) is 0 Å². The number of likely N-dealkylation sites (N-methyl/N-ethyl adjacent to an activating group) is 2. The average molecular weight is 885 g/mol. The van der Waals surface area contributed by atoms with Crippen molar-refractivity contribution < 1.29 is 48.6 Å². The summed E-state index contributed by atoms with van der Waals surface area (Å²) in [7, 11) is 5.24. The van der Waals surface area contributed by atoms with Crippen LogP contribution >= 0.6 is 11.8 Å². The Labute approximate surface area is 367 Å². The Bertz CT molecular complexity index is 2060. The number of carboxylic acids is 2. The van der Waals surface area contributed by atoms with E-state index in [9.17, 15) is 43.5 Å². The van der Waals surface area contributed by atoms with Crippen molar-refractivity contribution in [3.05, 3.63) is 47.7 Å². The fourth-order valence-corrected chi connectivity index (χ4v) is 8.63. The maximum Gasteiger partial charge on any atom is 0.321 e. The van der Waals surface area contributed by atoms with Gasteiger partial charge in [0.25, 0.3) is 0 Å². The summed E-state index contributed by atoms with van der Waals surface area (Å²) >= 11 is 0.948. The van der Waals surface area contributed by atoms with E-state index in [4.69, 9.17) is 10.8 Å². The van der Waals surface area contributed by atoms with Crippen molar-refractivity contribution in [2.45, 2.75) is 109 Å². The van der Waals surface area contributed by atoms with Gasteiger partial charge in [-0.3, -0.25) is 43.3 Å². The predicted molar refractivity (Wildman–Crippen MR) is 236 cm³/mol. The van der Waals surface area contributed by atoms with Crippen LogP contribution in [0.1, 0.15) is 73.8 Å². The summed E-state index contributed by atoms with van der Waals surface area (Å²) in [6, 6.07) is 2.79. The molecule has 19 heteroatoms. The van der Waals surface area contributed by atoms with Crippen LogP contribution in [0.15, 0.2) is 42.1 Å². The SMILES string of the molecule is CN[C@H](C(=O)N[C@H](C(=O)N(C)[C@H](/C=C(\C)C(=O)N[C@@H](CC(=O)O)C(=O)NCCN1C(=O)CC(SC[C@H](N)C(=O)O)C1=O)C(C)C)C(C)(C)C)C(C)(C)c1cn(C)c2ccccc12. The molecule has 3 rings (SSSR count). The summed E-state index contributed by atoms with van der Waals surface area (Å²) in [6.07, 6.45) is 2.62. The fourth-order valence-electron chi connectivity index (χ4n) is 7.52. The zero-order chi connectivity index (χ0) is 47.0. The second-order valence-electron chi connectivity index (χ2n) is 17.7. The number of nitrogens with zero attached hydrogens (tertiary/aromatic N) is 3. The van der Waals surface area contributed by atoms with Gasteiger partial charge in [0.05, 0.1) is 23.8 Å². The fraction of sp³-hybridized carbons (Fsp3) is 0.581. The van der Waals surface area contributed by atoms with Gasteiger partial charge in [-0.2, -0.15) is 0 Å². The monoisotopic (exact) mass is 884 g/mol. The summed E-state index contributed by atoms with van der Waals surface area (Å²) in [5.41, 5.74) is 6.12. The molecule has 2 heterocycles. The summed E-state index contributed by atoms with van der Waals surface area (Å²) < 4.78 is 2.02. The molecule has 0 spiro atoms. The van der Waals surface area contributed by atoms with Gasteiger partial charge in [0.2, 0.25) is 35.4 Å². The Kier molecular flexibility index (Phi) is 17.5. The molecule has 1 saturated heterocycles. The van der Waals surface area contributed by atoms with Crippen LogP contribution in [0.2, 0.25) is 0 Å². The van der Waals surface area contributed by atoms with Crippen LogP contribution in [0.3, 0.4) is 0 Å². The highest BCUT2D eigenvalue weighted by molar-refractivity contribution is 8.00. The Morgan fingerprint density at radius 1 is 1.00 bits per heavy atom. The van der Waals surface area contributed by atoms with Gasteiger partial charge in [0.15, 0.2) is 0 Å². The molecule has 1 aliphatic rings. The number of aliphatic carboxylic acids is 2. The lowest BCUT2D eigenvalue weighted by molar-refractivity contribution is -0.141. The number of likely N-dealkylation sites (tertiary alicyclic amines) is 1. The van der Waals surface area contributed by atoms with Crippen LogP contribution in [0, 0.1) is 11.3 Å². The van der Waals surface area contributed by atoms with E-state index in [0.717, 1.165) is 33.1 Å². The van der Waals surface area contributed by atoms with E-state index in [2.05, 4.69) is 21.3 Å². The maximum atomic E-state index is 14.4. The number of carboxylic acid groups (broad SMARTS) is 2. The highest BCUT2D eigenvalue weighted by Gasteiger charge is 2.43. The number of thioether (sulfide) groups is 1. The molecule has 342 valence electrons. The average Bonchev–Trinajstić information content (AvgIpc) is 3.67. The van der Waals surface area contributed by atoms with Crippen molar-refractivity contribution in [2.75, 3.05) is 32.9 Å². The van der Waals surface area contributed by atoms with Crippen LogP contribution in [-0.2, 0) is 50.8 Å². The van der Waals surface area contributed by atoms with Crippen molar-refractivity contribution in [3.8, 4) is 0 Å². The smallest absolute Gasteiger partial charge is 0.321 e. The highest BCUT2D eigenvalue weighted by Crippen LogP contribution is 2.35. The van der Waals surface area contributed by atoms with Crippen molar-refractivity contribution >= 4 is 70.0 Å². The van der Waals surface area contributed by atoms with Crippen molar-refractivity contribution in [1.29, 1.82) is 0 Å². The van der Waals surface area contributed by atoms with E-state index in [1.54, 1.807) is 20.2 Å². The molecular formula is C43H64N8O10S. The number of nitrogens with two attached hydrogens (primary N) is 1. The predicted octanol–water partition coefficient (Wildman–Crippen LogP) is 1.35. The summed E-state index contributed by atoms with van der Waals surface area (Å²) in [5, 5.41) is 29.9. The molecule has 0 radical (unpaired) electrons. The van der Waals surface area contributed by atoms with Crippen LogP contribution in [0.25, 0.3) is 10.9 Å². The lowest BCUT2D eigenvalue weighted by Crippen LogP contribution is -2.61. The molecule has 8 N–H and O–H groups in total. The maximum absolute atomic E-state index is 14.4. The highest BCUT2D eigenvalue weighted by atomic mass is 32.2. The Morgan fingerprint density at radius 2 is 1.63 bits per heavy atom. The molecule has 1 unspecified atom stereocenters. The van der Waals surface area contributed by atoms with Gasteiger partial charge in [-0.15, -0.1) is 11.8 Å². The van der Waals surface area contributed by atoms with E-state index in [0.29, 0.717) is 0 Å². The Balaban J connectivity index is 1.74. The molecule has 0 bridgehead atoms. The molecule has 1 fully saturated rings. The third-order valence-electron chi connectivity index (χ3n) is 11.2. The lowest BCUT2D eigenvalue weighted by Gasteiger charge is -2.39. The number of fused-ring (bicyclic) bond motifs is 1. The first-order valence-corrected chi connectivity index (χ1v) is 21.5. The molecular weight excluding hydrogens is 821 g/mol. The van der Waals surface area contributed by atoms with Crippen molar-refractivity contribution in [2.24, 2.45) is 24.1 Å². The number of carbonyl (C=O) groups is 8. The van der Waals surface area contributed by atoms with Crippen molar-refractivity contribution in [3.63, 3.8) is 0 Å². The zero-order valence-corrected chi connectivity index (χ0v) is 38.3. The minimum Gasteiger partial charge on any atom is -0.481 e. The number of amides is 6. The van der Waals surface area contributed by atoms with Gasteiger partial charge in [0.1, 0.15) is 18.1 Å². The third kappa shape index (κ3) is 12.4. The molecule has 18 nitrogen and oxygen atoms in total. The molecule has 6 amide bonds. The standard InChI is InChI=1S/C43H64N8O10S/c1-23(2)30(50(11)40(59)35(42(4,5)6)48-38(57)34(45-9)43(7,8)26-21-49(10)29-15-13-12-14-25(26)29)18-24(3)36(55)47-28(19-33(53)54)37(56)46-16-17-51-32(52)20-31(39(51)58)62-22-27(44)41(60)61/h12-15,18,21,23,27-28,30-31,34-35,45H,16-17,19-20,22,44H2,1-11H3,(H,46,56)(H,47,55)(H,48,57)(H,53,54)(H,60,61)/b24-18+/t27-,28-,30+,31?,34+,35+/m0/s1. The van der Waals surface area contributed by atoms with Gasteiger partial charge in [0, 0.05) is 67.4 Å². The Hall–Kier alpha value is -5.27. The van der Waals surface area contributed by atoms with E-state index >= 15 is 0 Å². The number of carbonyl (C=O) groups excluding carboxylic acids is 6. The van der Waals surface area contributed by atoms with Crippen LogP contribution in [0.5, 0.6) is 0 Å². The van der Waals surface area contributed by atoms with Crippen LogP contribution in [-0.4, -0.2) is 140 Å². The molecule has 6 atom stereocenters. The molecule has 2 aromatic rings. The number of benzene rings is 1. The minimum absolute atomic E-state index is 0.0855. The van der Waals surface area contributed by atoms with Gasteiger partial charge < -0.3 is 46.7 Å². The minimum atomic E-state index is -1.54. The quantitative estimate of drug-likeness (QED) is 0.0691. The van der Waals surface area contributed by atoms with Crippen LogP contribution in [0.4, 0.5) is 0 Å². The van der Waals surface area contributed by atoms with Gasteiger partial charge in [-0.05, 0) is 36.9 Å². The number of rotatable bonds is 21. The van der Waals surface area contributed by atoms with E-state index in [1.165, 1.54) is 11.8 Å². The number of nitrogens with one attached hydrogen (secondary N) is 4. The zero-order valence-electron chi connectivity index (χ0n) is 37.5. The lowest BCUT2D eigenvalue weighted by atomic mass is 9.76. The van der Waals surface area contributed by atoms with E-state index < -0.39 is 94.2 Å². The van der Waals surface area contributed by atoms with Crippen LogP contribution < -0.4 is 27.0 Å². The summed E-state index contributed by atoms with van der Waals surface area (Å²) in [5.74, 6) is -6.44. The number of para-hydroxylation sites is 1. The Morgan fingerprint density at radius 3 is 2.19 bits per heavy atom. The first kappa shape index (κ1) is 51.1. The molecule has 1 aromatic carbocycles. The number of imide groups is 1. The summed E-state index contributed by atoms with van der Waals surface area (Å²) in [6.45, 7) is 14.2. The molecule has 1 aliphatic heterocycles. The van der Waals surface area contributed by atoms with E-state index in [-0.39, 0.29) is 42.7 Å². The second-order valence-corrected chi connectivity index (χ2v) is 19.0. The number of hydrogen-bond donors (Lipinski definition) is 7.